The number of anilines is 1. The van der Waals surface area contributed by atoms with Crippen LogP contribution in [0.4, 0.5) is 10.5 Å². The van der Waals surface area contributed by atoms with Gasteiger partial charge in [-0.05, 0) is 49.9 Å². The molecule has 0 aliphatic heterocycles. The van der Waals surface area contributed by atoms with Crippen LogP contribution in [0.5, 0.6) is 0 Å². The Hall–Kier alpha value is -2.65. The summed E-state index contributed by atoms with van der Waals surface area (Å²) in [5, 5.41) is 7.50. The molecule has 2 rings (SSSR count). The Balaban J connectivity index is 1.71. The molecule has 144 valence electrons. The molecule has 1 heterocycles. The topological polar surface area (TPSA) is 104 Å². The van der Waals surface area contributed by atoms with Gasteiger partial charge in [-0.1, -0.05) is 15.9 Å². The van der Waals surface area contributed by atoms with Crippen molar-refractivity contribution in [3.8, 4) is 0 Å². The molecule has 0 unspecified atom stereocenters. The Morgan fingerprint density at radius 3 is 2.56 bits per heavy atom. The molecular weight excluding hydrogens is 416 g/mol. The number of nitrogens with zero attached hydrogens (tertiary/aromatic N) is 1. The maximum Gasteiger partial charge on any atom is 0.321 e. The highest BCUT2D eigenvalue weighted by Crippen LogP contribution is 2.19. The molecule has 0 saturated carbocycles. The third kappa shape index (κ3) is 7.24. The first-order valence-corrected chi connectivity index (χ1v) is 8.97. The summed E-state index contributed by atoms with van der Waals surface area (Å²) in [4.78, 5) is 37.2. The van der Waals surface area contributed by atoms with Crippen LogP contribution in [0.15, 0.2) is 45.5 Å². The number of amides is 4. The predicted molar refractivity (Wildman–Crippen MR) is 104 cm³/mol. The molecule has 0 atom stereocenters. The van der Waals surface area contributed by atoms with Crippen LogP contribution in [-0.2, 0) is 16.1 Å². The number of urea groups is 1. The van der Waals surface area contributed by atoms with Gasteiger partial charge in [-0.3, -0.25) is 19.8 Å². The van der Waals surface area contributed by atoms with E-state index in [-0.39, 0.29) is 25.5 Å². The third-order valence-corrected chi connectivity index (χ3v) is 4.04. The Bertz CT molecular complexity index is 808. The molecule has 0 aliphatic carbocycles. The van der Waals surface area contributed by atoms with Crippen LogP contribution in [0.25, 0.3) is 0 Å². The first-order chi connectivity index (χ1) is 12.8. The summed E-state index contributed by atoms with van der Waals surface area (Å²) >= 11 is 3.37. The molecule has 2 aromatic rings. The Labute approximate surface area is 165 Å². The second-order valence-electron chi connectivity index (χ2n) is 5.99. The summed E-state index contributed by atoms with van der Waals surface area (Å²) in [5.41, 5.74) is 1.63. The van der Waals surface area contributed by atoms with Gasteiger partial charge in [0.15, 0.2) is 0 Å². The van der Waals surface area contributed by atoms with Gasteiger partial charge >= 0.3 is 6.03 Å². The van der Waals surface area contributed by atoms with E-state index in [2.05, 4.69) is 31.9 Å². The zero-order valence-electron chi connectivity index (χ0n) is 15.0. The average molecular weight is 437 g/mol. The van der Waals surface area contributed by atoms with Crippen LogP contribution in [0.2, 0.25) is 0 Å². The molecule has 9 heteroatoms. The lowest BCUT2D eigenvalue weighted by atomic mass is 10.2. The molecule has 27 heavy (non-hydrogen) atoms. The third-order valence-electron chi connectivity index (χ3n) is 3.55. The number of rotatable bonds is 7. The van der Waals surface area contributed by atoms with E-state index >= 15 is 0 Å². The number of nitrogens with one attached hydrogen (secondary N) is 3. The number of imide groups is 1. The summed E-state index contributed by atoms with van der Waals surface area (Å²) in [6.07, 6.45) is 1.50. The van der Waals surface area contributed by atoms with Crippen molar-refractivity contribution in [2.45, 2.75) is 13.5 Å². The van der Waals surface area contributed by atoms with E-state index in [9.17, 15) is 14.4 Å². The second-order valence-corrected chi connectivity index (χ2v) is 6.91. The highest BCUT2D eigenvalue weighted by atomic mass is 79.9. The van der Waals surface area contributed by atoms with E-state index in [1.54, 1.807) is 25.2 Å². The number of aryl methyl sites for hydroxylation is 1. The first kappa shape index (κ1) is 20.7. The van der Waals surface area contributed by atoms with Crippen LogP contribution >= 0.6 is 15.9 Å². The zero-order valence-corrected chi connectivity index (χ0v) is 16.6. The van der Waals surface area contributed by atoms with Crippen LogP contribution < -0.4 is 16.0 Å². The summed E-state index contributed by atoms with van der Waals surface area (Å²) < 4.78 is 6.01. The van der Waals surface area contributed by atoms with Crippen LogP contribution in [0.3, 0.4) is 0 Å². The fourth-order valence-electron chi connectivity index (χ4n) is 2.29. The van der Waals surface area contributed by atoms with E-state index in [0.29, 0.717) is 11.4 Å². The molecule has 0 saturated heterocycles. The average Bonchev–Trinajstić information content (AvgIpc) is 3.08. The normalized spacial score (nSPS) is 10.5. The number of hydrogen-bond donors (Lipinski definition) is 3. The quantitative estimate of drug-likeness (QED) is 0.617. The summed E-state index contributed by atoms with van der Waals surface area (Å²) in [5.74, 6) is -0.185. The van der Waals surface area contributed by atoms with Crippen molar-refractivity contribution in [2.24, 2.45) is 0 Å². The lowest BCUT2D eigenvalue weighted by Crippen LogP contribution is -2.44. The number of furan rings is 1. The molecule has 4 amide bonds. The van der Waals surface area contributed by atoms with Crippen molar-refractivity contribution >= 4 is 39.5 Å². The minimum absolute atomic E-state index is 0.0109. The van der Waals surface area contributed by atoms with E-state index < -0.39 is 11.9 Å². The predicted octanol–water partition coefficient (Wildman–Crippen LogP) is 2.25. The van der Waals surface area contributed by atoms with Crippen LogP contribution in [0, 0.1) is 6.92 Å². The van der Waals surface area contributed by atoms with Crippen molar-refractivity contribution in [3.63, 3.8) is 0 Å². The minimum Gasteiger partial charge on any atom is -0.467 e. The summed E-state index contributed by atoms with van der Waals surface area (Å²) in [6, 6.07) is 8.32. The molecular formula is C18H21BrN4O4. The molecule has 8 nitrogen and oxygen atoms in total. The van der Waals surface area contributed by atoms with Gasteiger partial charge in [-0.25, -0.2) is 4.79 Å². The van der Waals surface area contributed by atoms with Crippen LogP contribution in [-0.4, -0.2) is 42.9 Å². The van der Waals surface area contributed by atoms with Crippen molar-refractivity contribution in [1.82, 2.24) is 15.5 Å². The molecule has 0 spiro atoms. The number of benzene rings is 1. The molecule has 0 radical (unpaired) electrons. The van der Waals surface area contributed by atoms with E-state index in [1.165, 1.54) is 11.2 Å². The fourth-order valence-corrected chi connectivity index (χ4v) is 2.77. The number of carbonyl (C=O) groups is 3. The fraction of sp³-hybridized carbons (Fsp3) is 0.278. The maximum absolute atomic E-state index is 12.1. The van der Waals surface area contributed by atoms with Gasteiger partial charge in [0.1, 0.15) is 5.76 Å². The monoisotopic (exact) mass is 436 g/mol. The SMILES string of the molecule is Cc1cc(Br)ccc1NC(=O)CN(C)CC(=O)NC(=O)NCc1ccco1. The van der Waals surface area contributed by atoms with Gasteiger partial charge in [0.05, 0.1) is 25.9 Å². The minimum atomic E-state index is -0.625. The van der Waals surface area contributed by atoms with Crippen molar-refractivity contribution in [3.05, 3.63) is 52.4 Å². The zero-order chi connectivity index (χ0) is 19.8. The largest absolute Gasteiger partial charge is 0.467 e. The molecule has 1 aromatic carbocycles. The van der Waals surface area contributed by atoms with E-state index in [1.807, 2.05) is 19.1 Å². The highest BCUT2D eigenvalue weighted by Gasteiger charge is 2.14. The molecule has 3 N–H and O–H groups in total. The lowest BCUT2D eigenvalue weighted by Gasteiger charge is -2.16. The molecule has 0 aliphatic rings. The lowest BCUT2D eigenvalue weighted by molar-refractivity contribution is -0.122. The molecule has 0 bridgehead atoms. The van der Waals surface area contributed by atoms with E-state index in [0.717, 1.165) is 10.0 Å². The molecule has 1 aromatic heterocycles. The van der Waals surface area contributed by atoms with Crippen LogP contribution in [0.1, 0.15) is 11.3 Å². The van der Waals surface area contributed by atoms with Gasteiger partial charge in [-0.2, -0.15) is 0 Å². The van der Waals surface area contributed by atoms with Gasteiger partial charge in [0, 0.05) is 10.2 Å². The Morgan fingerprint density at radius 2 is 1.89 bits per heavy atom. The van der Waals surface area contributed by atoms with Gasteiger partial charge < -0.3 is 15.1 Å². The second kappa shape index (κ2) is 9.89. The number of halogens is 1. The Kier molecular flexibility index (Phi) is 7.56. The number of likely N-dealkylation sites (N-methyl/N-ethyl adjacent to an activating group) is 1. The number of carbonyl (C=O) groups excluding carboxylic acids is 3. The van der Waals surface area contributed by atoms with Gasteiger partial charge in [0.25, 0.3) is 0 Å². The molecule has 0 fully saturated rings. The van der Waals surface area contributed by atoms with Crippen molar-refractivity contribution in [2.75, 3.05) is 25.5 Å². The Morgan fingerprint density at radius 1 is 1.15 bits per heavy atom. The smallest absolute Gasteiger partial charge is 0.321 e. The number of hydrogen-bond acceptors (Lipinski definition) is 5. The highest BCUT2D eigenvalue weighted by molar-refractivity contribution is 9.10. The summed E-state index contributed by atoms with van der Waals surface area (Å²) in [6.45, 7) is 1.98. The van der Waals surface area contributed by atoms with Gasteiger partial charge in [0.2, 0.25) is 11.8 Å². The van der Waals surface area contributed by atoms with E-state index in [4.69, 9.17) is 4.42 Å². The van der Waals surface area contributed by atoms with Crippen molar-refractivity contribution in [1.29, 1.82) is 0 Å². The summed E-state index contributed by atoms with van der Waals surface area (Å²) in [7, 11) is 1.62. The maximum atomic E-state index is 12.1. The first-order valence-electron chi connectivity index (χ1n) is 8.18. The standard InChI is InChI=1S/C18H21BrN4O4/c1-12-8-13(19)5-6-15(12)21-16(24)10-23(2)11-17(25)22-18(26)20-9-14-4-3-7-27-14/h3-8H,9-11H2,1-2H3,(H,21,24)(H2,20,22,25,26). The van der Waals surface area contributed by atoms with Crippen molar-refractivity contribution < 1.29 is 18.8 Å². The van der Waals surface area contributed by atoms with Gasteiger partial charge in [-0.15, -0.1) is 0 Å².